The lowest BCUT2D eigenvalue weighted by atomic mass is 10.1. The van der Waals surface area contributed by atoms with E-state index in [1.807, 2.05) is 6.07 Å². The van der Waals surface area contributed by atoms with E-state index in [0.29, 0.717) is 25.6 Å². The molecule has 0 aromatic carbocycles. The first-order valence-corrected chi connectivity index (χ1v) is 6.19. The summed E-state index contributed by atoms with van der Waals surface area (Å²) in [6.07, 6.45) is 2.90. The molecule has 0 spiro atoms. The van der Waals surface area contributed by atoms with Crippen molar-refractivity contribution in [3.05, 3.63) is 0 Å². The van der Waals surface area contributed by atoms with Crippen LogP contribution >= 0.6 is 0 Å². The second-order valence-electron chi connectivity index (χ2n) is 4.61. The second kappa shape index (κ2) is 7.25. The largest absolute Gasteiger partial charge is 0.393 e. The van der Waals surface area contributed by atoms with Crippen LogP contribution in [0.2, 0.25) is 0 Å². The van der Waals surface area contributed by atoms with Gasteiger partial charge in [-0.1, -0.05) is 0 Å². The zero-order valence-corrected chi connectivity index (χ0v) is 10.4. The van der Waals surface area contributed by atoms with E-state index in [9.17, 15) is 9.90 Å². The van der Waals surface area contributed by atoms with Crippen LogP contribution in [-0.4, -0.2) is 47.7 Å². The SMILES string of the molecule is CC(O)CC1CCCN1CC(=O)NCCC#N. The highest BCUT2D eigenvalue weighted by molar-refractivity contribution is 5.78. The maximum atomic E-state index is 11.6. The van der Waals surface area contributed by atoms with E-state index in [0.717, 1.165) is 25.8 Å². The van der Waals surface area contributed by atoms with E-state index in [1.165, 1.54) is 0 Å². The molecule has 2 N–H and O–H groups in total. The van der Waals surface area contributed by atoms with Crippen LogP contribution in [0.4, 0.5) is 0 Å². The van der Waals surface area contributed by atoms with Gasteiger partial charge in [0, 0.05) is 12.6 Å². The summed E-state index contributed by atoms with van der Waals surface area (Å²) in [6.45, 7) is 3.50. The molecule has 1 aliphatic rings. The zero-order chi connectivity index (χ0) is 12.7. The van der Waals surface area contributed by atoms with Gasteiger partial charge in [0.2, 0.25) is 5.91 Å². The molecule has 1 heterocycles. The van der Waals surface area contributed by atoms with Gasteiger partial charge in [-0.3, -0.25) is 9.69 Å². The summed E-state index contributed by atoms with van der Waals surface area (Å²) in [7, 11) is 0. The van der Waals surface area contributed by atoms with E-state index >= 15 is 0 Å². The fourth-order valence-corrected chi connectivity index (χ4v) is 2.26. The van der Waals surface area contributed by atoms with E-state index in [-0.39, 0.29) is 12.0 Å². The summed E-state index contributed by atoms with van der Waals surface area (Å²) >= 11 is 0. The number of nitriles is 1. The van der Waals surface area contributed by atoms with Gasteiger partial charge < -0.3 is 10.4 Å². The molecule has 0 saturated carbocycles. The van der Waals surface area contributed by atoms with Crippen LogP contribution < -0.4 is 5.32 Å². The van der Waals surface area contributed by atoms with Crippen LogP contribution in [0.1, 0.15) is 32.6 Å². The zero-order valence-electron chi connectivity index (χ0n) is 10.4. The Morgan fingerprint density at radius 3 is 3.12 bits per heavy atom. The maximum absolute atomic E-state index is 11.6. The van der Waals surface area contributed by atoms with E-state index in [4.69, 9.17) is 5.26 Å². The number of likely N-dealkylation sites (tertiary alicyclic amines) is 1. The van der Waals surface area contributed by atoms with Gasteiger partial charge in [0.25, 0.3) is 0 Å². The third kappa shape index (κ3) is 5.16. The van der Waals surface area contributed by atoms with Crippen molar-refractivity contribution in [1.29, 1.82) is 5.26 Å². The standard InChI is InChI=1S/C12H21N3O2/c1-10(16)8-11-4-2-7-15(11)9-12(17)14-6-3-5-13/h10-11,16H,2-4,6-9H2,1H3,(H,14,17). The summed E-state index contributed by atoms with van der Waals surface area (Å²) in [5.74, 6) is -0.0299. The Hall–Kier alpha value is -1.12. The van der Waals surface area contributed by atoms with E-state index in [1.54, 1.807) is 6.92 Å². The molecule has 1 saturated heterocycles. The molecule has 1 rings (SSSR count). The maximum Gasteiger partial charge on any atom is 0.234 e. The molecule has 0 aromatic heterocycles. The van der Waals surface area contributed by atoms with Crippen molar-refractivity contribution in [2.45, 2.75) is 44.8 Å². The molecule has 2 unspecified atom stereocenters. The highest BCUT2D eigenvalue weighted by Gasteiger charge is 2.26. The fourth-order valence-electron chi connectivity index (χ4n) is 2.26. The number of aliphatic hydroxyl groups is 1. The van der Waals surface area contributed by atoms with Crippen molar-refractivity contribution in [1.82, 2.24) is 10.2 Å². The summed E-state index contributed by atoms with van der Waals surface area (Å²) in [4.78, 5) is 13.7. The minimum atomic E-state index is -0.317. The molecule has 1 fully saturated rings. The molecule has 2 atom stereocenters. The summed E-state index contributed by atoms with van der Waals surface area (Å²) in [6, 6.07) is 2.31. The van der Waals surface area contributed by atoms with Crippen molar-refractivity contribution in [2.24, 2.45) is 0 Å². The number of nitrogens with one attached hydrogen (secondary N) is 1. The third-order valence-electron chi connectivity index (χ3n) is 3.02. The molecule has 0 radical (unpaired) electrons. The Morgan fingerprint density at radius 1 is 1.71 bits per heavy atom. The smallest absolute Gasteiger partial charge is 0.234 e. The topological polar surface area (TPSA) is 76.4 Å². The number of hydrogen-bond donors (Lipinski definition) is 2. The van der Waals surface area contributed by atoms with Gasteiger partial charge in [-0.25, -0.2) is 0 Å². The van der Waals surface area contributed by atoms with Crippen LogP contribution in [0.5, 0.6) is 0 Å². The predicted octanol–water partition coefficient (Wildman–Crippen LogP) is 0.252. The first-order valence-electron chi connectivity index (χ1n) is 6.19. The summed E-state index contributed by atoms with van der Waals surface area (Å²) in [5.41, 5.74) is 0. The lowest BCUT2D eigenvalue weighted by Gasteiger charge is -2.24. The second-order valence-corrected chi connectivity index (χ2v) is 4.61. The number of amides is 1. The lowest BCUT2D eigenvalue weighted by Crippen LogP contribution is -2.41. The molecule has 1 aliphatic heterocycles. The van der Waals surface area contributed by atoms with Gasteiger partial charge in [0.15, 0.2) is 0 Å². The lowest BCUT2D eigenvalue weighted by molar-refractivity contribution is -0.122. The van der Waals surface area contributed by atoms with Gasteiger partial charge in [0.05, 0.1) is 25.1 Å². The quantitative estimate of drug-likeness (QED) is 0.651. The van der Waals surface area contributed by atoms with E-state index in [2.05, 4.69) is 10.2 Å². The molecule has 5 nitrogen and oxygen atoms in total. The number of nitrogens with zero attached hydrogens (tertiary/aromatic N) is 2. The average molecular weight is 239 g/mol. The Morgan fingerprint density at radius 2 is 2.47 bits per heavy atom. The number of aliphatic hydroxyl groups excluding tert-OH is 1. The molecule has 1 amide bonds. The van der Waals surface area contributed by atoms with Crippen molar-refractivity contribution in [2.75, 3.05) is 19.6 Å². The van der Waals surface area contributed by atoms with Gasteiger partial charge in [-0.15, -0.1) is 0 Å². The van der Waals surface area contributed by atoms with E-state index < -0.39 is 0 Å². The molecule has 0 bridgehead atoms. The molecule has 0 aliphatic carbocycles. The number of hydrogen-bond acceptors (Lipinski definition) is 4. The van der Waals surface area contributed by atoms with Crippen molar-refractivity contribution < 1.29 is 9.90 Å². The molecule has 0 aromatic rings. The van der Waals surface area contributed by atoms with Crippen molar-refractivity contribution >= 4 is 5.91 Å². The highest BCUT2D eigenvalue weighted by atomic mass is 16.3. The van der Waals surface area contributed by atoms with Crippen LogP contribution in [0.15, 0.2) is 0 Å². The summed E-state index contributed by atoms with van der Waals surface area (Å²) in [5, 5.41) is 20.5. The predicted molar refractivity (Wildman–Crippen MR) is 64.1 cm³/mol. The number of rotatable bonds is 6. The Kier molecular flexibility index (Phi) is 5.95. The molecular formula is C12H21N3O2. The Bertz CT molecular complexity index is 286. The minimum Gasteiger partial charge on any atom is -0.393 e. The Labute approximate surface area is 102 Å². The van der Waals surface area contributed by atoms with Gasteiger partial charge in [0.1, 0.15) is 0 Å². The average Bonchev–Trinajstić information content (AvgIpc) is 2.65. The minimum absolute atomic E-state index is 0.0299. The van der Waals surface area contributed by atoms with Gasteiger partial charge in [-0.05, 0) is 32.7 Å². The Balaban J connectivity index is 2.29. The first kappa shape index (κ1) is 13.9. The number of carbonyl (C=O) groups excluding carboxylic acids is 1. The third-order valence-corrected chi connectivity index (χ3v) is 3.02. The fraction of sp³-hybridized carbons (Fsp3) is 0.833. The molecule has 5 heteroatoms. The highest BCUT2D eigenvalue weighted by Crippen LogP contribution is 2.20. The molecular weight excluding hydrogens is 218 g/mol. The van der Waals surface area contributed by atoms with Crippen LogP contribution in [0, 0.1) is 11.3 Å². The molecule has 17 heavy (non-hydrogen) atoms. The van der Waals surface area contributed by atoms with Crippen LogP contribution in [0.3, 0.4) is 0 Å². The monoisotopic (exact) mass is 239 g/mol. The molecule has 96 valence electrons. The summed E-state index contributed by atoms with van der Waals surface area (Å²) < 4.78 is 0. The van der Waals surface area contributed by atoms with Crippen molar-refractivity contribution in [3.8, 4) is 6.07 Å². The van der Waals surface area contributed by atoms with Crippen LogP contribution in [-0.2, 0) is 4.79 Å². The van der Waals surface area contributed by atoms with Crippen molar-refractivity contribution in [3.63, 3.8) is 0 Å². The van der Waals surface area contributed by atoms with Gasteiger partial charge in [-0.2, -0.15) is 5.26 Å². The van der Waals surface area contributed by atoms with Gasteiger partial charge >= 0.3 is 0 Å². The normalized spacial score (nSPS) is 22.1. The number of carbonyl (C=O) groups is 1. The van der Waals surface area contributed by atoms with Crippen LogP contribution in [0.25, 0.3) is 0 Å². The first-order chi connectivity index (χ1) is 8.13.